The van der Waals surface area contributed by atoms with Crippen molar-refractivity contribution in [3.05, 3.63) is 471 Å². The molecular formula is C115H74N4. The lowest BCUT2D eigenvalue weighted by atomic mass is 9.67. The van der Waals surface area contributed by atoms with Gasteiger partial charge in [0.25, 0.3) is 0 Å². The Kier molecular flexibility index (Phi) is 15.6. The molecule has 1 aliphatic rings. The van der Waals surface area contributed by atoms with Crippen LogP contribution in [0.1, 0.15) is 22.3 Å². The van der Waals surface area contributed by atoms with Crippen LogP contribution in [0, 0.1) is 0 Å². The van der Waals surface area contributed by atoms with Gasteiger partial charge in [0.05, 0.1) is 49.5 Å². The van der Waals surface area contributed by atoms with E-state index in [0.29, 0.717) is 0 Å². The van der Waals surface area contributed by atoms with Gasteiger partial charge in [-0.25, -0.2) is 0 Å². The van der Waals surface area contributed by atoms with Crippen molar-refractivity contribution in [2.45, 2.75) is 5.41 Å². The highest BCUT2D eigenvalue weighted by Crippen LogP contribution is 2.57. The molecule has 0 aliphatic heterocycles. The summed E-state index contributed by atoms with van der Waals surface area (Å²) in [5, 5.41) is 9.82. The van der Waals surface area contributed by atoms with Crippen LogP contribution in [0.5, 0.6) is 0 Å². The van der Waals surface area contributed by atoms with Crippen molar-refractivity contribution in [2.24, 2.45) is 0 Å². The predicted molar refractivity (Wildman–Crippen MR) is 499 cm³/mol. The van der Waals surface area contributed by atoms with Gasteiger partial charge in [-0.15, -0.1) is 0 Å². The third-order valence-corrected chi connectivity index (χ3v) is 25.5. The van der Waals surface area contributed by atoms with E-state index >= 15 is 0 Å². The molecule has 119 heavy (non-hydrogen) atoms. The Balaban J connectivity index is 0.497. The van der Waals surface area contributed by atoms with Gasteiger partial charge in [-0.2, -0.15) is 0 Å². The van der Waals surface area contributed by atoms with Crippen LogP contribution < -0.4 is 0 Å². The van der Waals surface area contributed by atoms with Gasteiger partial charge in [0.1, 0.15) is 0 Å². The topological polar surface area (TPSA) is 19.7 Å². The van der Waals surface area contributed by atoms with E-state index in [1.165, 1.54) is 198 Å². The van der Waals surface area contributed by atoms with Gasteiger partial charge in [0, 0.05) is 65.8 Å². The number of hydrogen-bond donors (Lipinski definition) is 0. The molecule has 0 bridgehead atoms. The molecular weight excluding hydrogens is 1440 g/mol. The van der Waals surface area contributed by atoms with Gasteiger partial charge in [-0.1, -0.05) is 322 Å². The molecule has 4 nitrogen and oxygen atoms in total. The van der Waals surface area contributed by atoms with Crippen molar-refractivity contribution < 1.29 is 0 Å². The number of hydrogen-bond acceptors (Lipinski definition) is 0. The Hall–Kier alpha value is -15.6. The van der Waals surface area contributed by atoms with Crippen LogP contribution in [0.15, 0.2) is 449 Å². The zero-order valence-corrected chi connectivity index (χ0v) is 65.0. The number of nitrogens with zero attached hydrogens (tertiary/aromatic N) is 4. The van der Waals surface area contributed by atoms with Gasteiger partial charge in [0.2, 0.25) is 0 Å². The second-order valence-electron chi connectivity index (χ2n) is 31.8. The van der Waals surface area contributed by atoms with Crippen LogP contribution in [-0.2, 0) is 5.41 Å². The van der Waals surface area contributed by atoms with Crippen molar-refractivity contribution in [1.29, 1.82) is 0 Å². The lowest BCUT2D eigenvalue weighted by Crippen LogP contribution is -2.28. The quantitative estimate of drug-likeness (QED) is 0.110. The van der Waals surface area contributed by atoms with Crippen LogP contribution >= 0.6 is 0 Å². The molecule has 24 rings (SSSR count). The summed E-state index contributed by atoms with van der Waals surface area (Å²) in [6.07, 6.45) is 0. The molecule has 554 valence electrons. The lowest BCUT2D eigenvalue weighted by molar-refractivity contribution is 0.767. The largest absolute Gasteiger partial charge is 0.309 e. The second-order valence-corrected chi connectivity index (χ2v) is 31.8. The number of benzene rings is 19. The fraction of sp³-hybridized carbons (Fsp3) is 0.00870. The number of para-hydroxylation sites is 3. The molecule has 0 saturated heterocycles. The Bertz CT molecular complexity index is 7910. The molecule has 0 fully saturated rings. The second kappa shape index (κ2) is 27.3. The fourth-order valence-corrected chi connectivity index (χ4v) is 19.9. The number of aromatic nitrogens is 4. The first-order chi connectivity index (χ1) is 59.0. The molecule has 4 heteroatoms. The molecule has 0 amide bonds. The Labute approximate surface area is 689 Å². The molecule has 23 aromatic rings. The van der Waals surface area contributed by atoms with Gasteiger partial charge in [0.15, 0.2) is 0 Å². The minimum Gasteiger partial charge on any atom is -0.309 e. The standard InChI is InChI=1S/C115H74N4/c1-5-21-75(22-6-1)81-45-56-91(57-46-81)116-107-34-18-15-31-98(107)101-71-87(53-66-111(101)116)88-55-68-114-104(73-88)103-69-84(76-23-7-2-8-24-76)51-64-113(103)118(114)93-60-49-83(50-61-93)80-43-39-78(40-44-80)77-37-41-79(42-38-77)82-47-58-92(59-48-82)117-108-35-19-14-30-97(108)100-70-85(52-65-110(100)117)86-54-67-112-102(72-86)99-32-16-20-36-109(99)119(112)94-62-63-96-95-29-13-17-33-105(95)115(106(96)74-94,89-25-9-3-10-26-89)90-27-11-4-12-28-90/h1-74H. The van der Waals surface area contributed by atoms with Crippen molar-refractivity contribution >= 4 is 87.2 Å². The molecule has 0 N–H and O–H groups in total. The first kappa shape index (κ1) is 67.8. The molecule has 0 saturated carbocycles. The zero-order chi connectivity index (χ0) is 78.2. The van der Waals surface area contributed by atoms with Gasteiger partial charge >= 0.3 is 0 Å². The van der Waals surface area contributed by atoms with Gasteiger partial charge < -0.3 is 18.3 Å². The van der Waals surface area contributed by atoms with Gasteiger partial charge in [-0.05, 0) is 239 Å². The van der Waals surface area contributed by atoms with E-state index in [2.05, 4.69) is 467 Å². The maximum Gasteiger partial charge on any atom is 0.0714 e. The number of rotatable bonds is 13. The van der Waals surface area contributed by atoms with E-state index in [1.807, 2.05) is 0 Å². The van der Waals surface area contributed by atoms with Crippen molar-refractivity contribution in [1.82, 2.24) is 18.3 Å². The summed E-state index contributed by atoms with van der Waals surface area (Å²) in [7, 11) is 0. The first-order valence-electron chi connectivity index (χ1n) is 41.2. The Morgan fingerprint density at radius 2 is 0.361 bits per heavy atom. The maximum absolute atomic E-state index is 2.48. The summed E-state index contributed by atoms with van der Waals surface area (Å²) in [5.74, 6) is 0. The Morgan fingerprint density at radius 1 is 0.134 bits per heavy atom. The van der Waals surface area contributed by atoms with Crippen molar-refractivity contribution in [3.8, 4) is 112 Å². The van der Waals surface area contributed by atoms with E-state index < -0.39 is 5.41 Å². The van der Waals surface area contributed by atoms with Crippen LogP contribution in [-0.4, -0.2) is 18.3 Å². The average molecular weight is 1510 g/mol. The molecule has 0 unspecified atom stereocenters. The van der Waals surface area contributed by atoms with Crippen LogP contribution in [0.4, 0.5) is 0 Å². The molecule has 0 radical (unpaired) electrons. The molecule has 4 heterocycles. The minimum atomic E-state index is -0.498. The van der Waals surface area contributed by atoms with Crippen LogP contribution in [0.25, 0.3) is 199 Å². The Morgan fingerprint density at radius 3 is 0.714 bits per heavy atom. The summed E-state index contributed by atoms with van der Waals surface area (Å²) >= 11 is 0. The van der Waals surface area contributed by atoms with Crippen LogP contribution in [0.2, 0.25) is 0 Å². The SMILES string of the molecule is c1ccc(-c2ccc(-n3c4ccccc4c4cc(-c5ccc6c(c5)c5cc(-c7ccccc7)ccc5n6-c5ccc(-c6ccc(-c7ccc(-c8ccc(-n9c%10ccccc%10c%10cc(-c%11ccc%12c(c%11)c%11ccccc%11n%12-c%11ccc%12c(c%11)C(c%11ccccc%11)(c%11ccccc%11)c%11ccccc%11-%12)ccc%109)cc8)cc7)cc6)cc5)ccc43)cc2)cc1. The van der Waals surface area contributed by atoms with Crippen LogP contribution in [0.3, 0.4) is 0 Å². The molecule has 19 aromatic carbocycles. The normalized spacial score (nSPS) is 12.4. The number of fused-ring (bicyclic) bond motifs is 15. The smallest absolute Gasteiger partial charge is 0.0714 e. The highest BCUT2D eigenvalue weighted by molar-refractivity contribution is 6.16. The molecule has 4 aromatic heterocycles. The summed E-state index contributed by atoms with van der Waals surface area (Å²) < 4.78 is 9.75. The summed E-state index contributed by atoms with van der Waals surface area (Å²) in [6.45, 7) is 0. The van der Waals surface area contributed by atoms with E-state index in [-0.39, 0.29) is 0 Å². The van der Waals surface area contributed by atoms with E-state index in [9.17, 15) is 0 Å². The van der Waals surface area contributed by atoms with Crippen molar-refractivity contribution in [2.75, 3.05) is 0 Å². The van der Waals surface area contributed by atoms with E-state index in [4.69, 9.17) is 0 Å². The summed E-state index contributed by atoms with van der Waals surface area (Å²) in [5.41, 5.74) is 37.8. The fourth-order valence-electron chi connectivity index (χ4n) is 19.9. The highest BCUT2D eigenvalue weighted by Gasteiger charge is 2.46. The average Bonchev–Trinajstić information content (AvgIpc) is 1.53. The molecule has 0 spiro atoms. The highest BCUT2D eigenvalue weighted by atomic mass is 15.0. The third-order valence-electron chi connectivity index (χ3n) is 25.5. The first-order valence-corrected chi connectivity index (χ1v) is 41.2. The molecule has 0 atom stereocenters. The van der Waals surface area contributed by atoms with Crippen molar-refractivity contribution in [3.63, 3.8) is 0 Å². The molecule has 1 aliphatic carbocycles. The van der Waals surface area contributed by atoms with E-state index in [0.717, 1.165) is 22.7 Å². The van der Waals surface area contributed by atoms with E-state index in [1.54, 1.807) is 0 Å². The minimum absolute atomic E-state index is 0.498. The zero-order valence-electron chi connectivity index (χ0n) is 65.0. The maximum atomic E-state index is 2.48. The van der Waals surface area contributed by atoms with Gasteiger partial charge in [-0.3, -0.25) is 0 Å². The lowest BCUT2D eigenvalue weighted by Gasteiger charge is -2.34. The summed E-state index contributed by atoms with van der Waals surface area (Å²) in [6, 6.07) is 167. The third kappa shape index (κ3) is 10.8. The predicted octanol–water partition coefficient (Wildman–Crippen LogP) is 30.1. The summed E-state index contributed by atoms with van der Waals surface area (Å²) in [4.78, 5) is 0. The monoisotopic (exact) mass is 1510 g/mol.